The third-order valence-electron chi connectivity index (χ3n) is 4.14. The van der Waals surface area contributed by atoms with Crippen LogP contribution in [0.5, 0.6) is 0 Å². The van der Waals surface area contributed by atoms with Crippen molar-refractivity contribution in [1.29, 1.82) is 0 Å². The van der Waals surface area contributed by atoms with Gasteiger partial charge in [-0.25, -0.2) is 9.37 Å². The molecule has 7 heteroatoms. The van der Waals surface area contributed by atoms with Crippen LogP contribution in [0.15, 0.2) is 41.8 Å². The topological polar surface area (TPSA) is 68.0 Å². The minimum absolute atomic E-state index is 0.0386. The van der Waals surface area contributed by atoms with Crippen molar-refractivity contribution in [2.45, 2.75) is 18.9 Å². The number of anilines is 1. The molecule has 1 fully saturated rings. The van der Waals surface area contributed by atoms with E-state index in [4.69, 9.17) is 17.3 Å². The van der Waals surface area contributed by atoms with E-state index < -0.39 is 5.82 Å². The highest BCUT2D eigenvalue weighted by atomic mass is 35.5. The standard InChI is InChI=1S/C19H15ClFN3OS/c20-15-8-11(22)2-5-13(15)17-9-26-19(24-17)10-1-6-16(21)14(7-10)18(25)23-12-3-4-12/h1-2,5-9,12H,3-4,22H2,(H,23,25). The number of carbonyl (C=O) groups is 1. The molecule has 1 heterocycles. The first kappa shape index (κ1) is 17.0. The van der Waals surface area contributed by atoms with Gasteiger partial charge in [-0.05, 0) is 49.2 Å². The van der Waals surface area contributed by atoms with Gasteiger partial charge in [0.15, 0.2) is 0 Å². The Balaban J connectivity index is 1.66. The molecule has 3 N–H and O–H groups in total. The predicted molar refractivity (Wildman–Crippen MR) is 103 cm³/mol. The van der Waals surface area contributed by atoms with Crippen LogP contribution >= 0.6 is 22.9 Å². The summed E-state index contributed by atoms with van der Waals surface area (Å²) in [5.74, 6) is -0.921. The van der Waals surface area contributed by atoms with Gasteiger partial charge in [0.1, 0.15) is 10.8 Å². The van der Waals surface area contributed by atoms with Crippen molar-refractivity contribution < 1.29 is 9.18 Å². The highest BCUT2D eigenvalue weighted by Crippen LogP contribution is 2.34. The average Bonchev–Trinajstić information content (AvgIpc) is 3.28. The number of benzene rings is 2. The smallest absolute Gasteiger partial charge is 0.254 e. The molecule has 1 aliphatic carbocycles. The Bertz CT molecular complexity index is 1000. The van der Waals surface area contributed by atoms with E-state index in [0.29, 0.717) is 27.0 Å². The summed E-state index contributed by atoms with van der Waals surface area (Å²) < 4.78 is 14.1. The minimum atomic E-state index is -0.537. The van der Waals surface area contributed by atoms with Crippen molar-refractivity contribution in [3.8, 4) is 21.8 Å². The van der Waals surface area contributed by atoms with Gasteiger partial charge in [0.2, 0.25) is 0 Å². The number of amides is 1. The normalized spacial score (nSPS) is 13.6. The SMILES string of the molecule is Nc1ccc(-c2csc(-c3ccc(F)c(C(=O)NC4CC4)c3)n2)c(Cl)c1. The monoisotopic (exact) mass is 387 g/mol. The zero-order chi connectivity index (χ0) is 18.3. The van der Waals surface area contributed by atoms with Crippen molar-refractivity contribution in [1.82, 2.24) is 10.3 Å². The van der Waals surface area contributed by atoms with Crippen molar-refractivity contribution >= 4 is 34.5 Å². The van der Waals surface area contributed by atoms with Crippen molar-refractivity contribution in [3.63, 3.8) is 0 Å². The van der Waals surface area contributed by atoms with Crippen molar-refractivity contribution in [2.75, 3.05) is 5.73 Å². The molecule has 0 spiro atoms. The molecule has 0 aliphatic heterocycles. The largest absolute Gasteiger partial charge is 0.399 e. The lowest BCUT2D eigenvalue weighted by molar-refractivity contribution is 0.0947. The molecule has 0 bridgehead atoms. The summed E-state index contributed by atoms with van der Waals surface area (Å²) >= 11 is 7.65. The van der Waals surface area contributed by atoms with Crippen LogP contribution in [0.2, 0.25) is 5.02 Å². The Morgan fingerprint density at radius 2 is 2.08 bits per heavy atom. The molecule has 4 rings (SSSR count). The molecule has 132 valence electrons. The summed E-state index contributed by atoms with van der Waals surface area (Å²) in [6.07, 6.45) is 1.90. The van der Waals surface area contributed by atoms with Gasteiger partial charge in [-0.15, -0.1) is 11.3 Å². The minimum Gasteiger partial charge on any atom is -0.399 e. The Labute approximate surface area is 158 Å². The molecule has 1 aliphatic rings. The number of carbonyl (C=O) groups excluding carboxylic acids is 1. The van der Waals surface area contributed by atoms with Crippen LogP contribution in [-0.4, -0.2) is 16.9 Å². The number of halogens is 2. The number of nitrogen functional groups attached to an aromatic ring is 1. The number of nitrogens with one attached hydrogen (secondary N) is 1. The number of thiazole rings is 1. The van der Waals surface area contributed by atoms with Crippen LogP contribution in [0.1, 0.15) is 23.2 Å². The van der Waals surface area contributed by atoms with Gasteiger partial charge in [-0.3, -0.25) is 4.79 Å². The van der Waals surface area contributed by atoms with Crippen LogP contribution < -0.4 is 11.1 Å². The van der Waals surface area contributed by atoms with Gasteiger partial charge >= 0.3 is 0 Å². The number of hydrogen-bond donors (Lipinski definition) is 2. The maximum atomic E-state index is 14.1. The Morgan fingerprint density at radius 1 is 1.27 bits per heavy atom. The molecule has 26 heavy (non-hydrogen) atoms. The molecule has 4 nitrogen and oxygen atoms in total. The number of nitrogens with zero attached hydrogens (tertiary/aromatic N) is 1. The van der Waals surface area contributed by atoms with Gasteiger partial charge in [-0.2, -0.15) is 0 Å². The van der Waals surface area contributed by atoms with Crippen LogP contribution in [0.3, 0.4) is 0 Å². The zero-order valence-electron chi connectivity index (χ0n) is 13.6. The van der Waals surface area contributed by atoms with Gasteiger partial charge in [0.05, 0.1) is 16.3 Å². The molecule has 1 aromatic heterocycles. The van der Waals surface area contributed by atoms with E-state index in [0.717, 1.165) is 18.4 Å². The summed E-state index contributed by atoms with van der Waals surface area (Å²) in [7, 11) is 0. The second-order valence-corrected chi connectivity index (χ2v) is 7.48. The van der Waals surface area contributed by atoms with E-state index in [9.17, 15) is 9.18 Å². The maximum Gasteiger partial charge on any atom is 0.254 e. The molecule has 1 amide bonds. The lowest BCUT2D eigenvalue weighted by atomic mass is 10.1. The van der Waals surface area contributed by atoms with Crippen LogP contribution in [0.25, 0.3) is 21.8 Å². The van der Waals surface area contributed by atoms with Crippen LogP contribution in [0, 0.1) is 5.82 Å². The van der Waals surface area contributed by atoms with E-state index in [2.05, 4.69) is 10.3 Å². The van der Waals surface area contributed by atoms with E-state index in [1.54, 1.807) is 24.3 Å². The first-order valence-corrected chi connectivity index (χ1v) is 9.39. The Morgan fingerprint density at radius 3 is 2.81 bits per heavy atom. The fourth-order valence-electron chi connectivity index (χ4n) is 2.59. The number of aromatic nitrogens is 1. The number of nitrogens with two attached hydrogens (primary N) is 1. The molecular weight excluding hydrogens is 373 g/mol. The zero-order valence-corrected chi connectivity index (χ0v) is 15.2. The predicted octanol–water partition coefficient (Wildman–Crippen LogP) is 4.74. The fraction of sp³-hybridized carbons (Fsp3) is 0.158. The van der Waals surface area contributed by atoms with E-state index in [-0.39, 0.29) is 17.5 Å². The quantitative estimate of drug-likeness (QED) is 0.635. The third-order valence-corrected chi connectivity index (χ3v) is 5.35. The highest BCUT2D eigenvalue weighted by molar-refractivity contribution is 7.13. The van der Waals surface area contributed by atoms with E-state index >= 15 is 0 Å². The average molecular weight is 388 g/mol. The van der Waals surface area contributed by atoms with Gasteiger partial charge < -0.3 is 11.1 Å². The molecular formula is C19H15ClFN3OS. The summed E-state index contributed by atoms with van der Waals surface area (Å²) in [6, 6.07) is 9.89. The van der Waals surface area contributed by atoms with Gasteiger partial charge in [0.25, 0.3) is 5.91 Å². The van der Waals surface area contributed by atoms with E-state index in [1.165, 1.54) is 17.4 Å². The molecule has 2 aromatic carbocycles. The maximum absolute atomic E-state index is 14.1. The van der Waals surface area contributed by atoms with Gasteiger partial charge in [0, 0.05) is 28.2 Å². The molecule has 0 unspecified atom stereocenters. The highest BCUT2D eigenvalue weighted by Gasteiger charge is 2.25. The lowest BCUT2D eigenvalue weighted by Gasteiger charge is -2.06. The summed E-state index contributed by atoms with van der Waals surface area (Å²) in [5, 5.41) is 5.89. The Hall–Kier alpha value is -2.44. The molecule has 0 atom stereocenters. The summed E-state index contributed by atoms with van der Waals surface area (Å²) in [4.78, 5) is 16.8. The van der Waals surface area contributed by atoms with Crippen LogP contribution in [-0.2, 0) is 0 Å². The molecule has 0 saturated heterocycles. The van der Waals surface area contributed by atoms with E-state index in [1.807, 2.05) is 11.4 Å². The third kappa shape index (κ3) is 3.43. The van der Waals surface area contributed by atoms with Crippen molar-refractivity contribution in [3.05, 3.63) is 58.2 Å². The van der Waals surface area contributed by atoms with Crippen molar-refractivity contribution in [2.24, 2.45) is 0 Å². The number of rotatable bonds is 4. The van der Waals surface area contributed by atoms with Crippen LogP contribution in [0.4, 0.5) is 10.1 Å². The fourth-order valence-corrected chi connectivity index (χ4v) is 3.70. The first-order valence-electron chi connectivity index (χ1n) is 8.13. The van der Waals surface area contributed by atoms with Gasteiger partial charge in [-0.1, -0.05) is 11.6 Å². The Kier molecular flexibility index (Phi) is 4.38. The second kappa shape index (κ2) is 6.70. The second-order valence-electron chi connectivity index (χ2n) is 6.22. The molecule has 3 aromatic rings. The summed E-state index contributed by atoms with van der Waals surface area (Å²) in [5.41, 5.74) is 8.52. The molecule has 0 radical (unpaired) electrons. The lowest BCUT2D eigenvalue weighted by Crippen LogP contribution is -2.26. The number of hydrogen-bond acceptors (Lipinski definition) is 4. The summed E-state index contributed by atoms with van der Waals surface area (Å²) in [6.45, 7) is 0. The molecule has 1 saturated carbocycles. The first-order chi connectivity index (χ1) is 12.5.